The van der Waals surface area contributed by atoms with E-state index in [1.54, 1.807) is 0 Å². The minimum Gasteiger partial charge on any atom is -0.507 e. The summed E-state index contributed by atoms with van der Waals surface area (Å²) in [6, 6.07) is 3.47. The fourth-order valence-electron chi connectivity index (χ4n) is 2.09. The number of hydrazine groups is 1. The van der Waals surface area contributed by atoms with Crippen molar-refractivity contribution < 1.29 is 19.8 Å². The molecule has 1 aromatic carbocycles. The third-order valence-corrected chi connectivity index (χ3v) is 3.10. The highest BCUT2D eigenvalue weighted by molar-refractivity contribution is 5.94. The first-order valence-corrected chi connectivity index (χ1v) is 6.45. The topological polar surface area (TPSA) is 102 Å². The highest BCUT2D eigenvalue weighted by Crippen LogP contribution is 2.21. The normalized spacial score (nSPS) is 15.6. The molecule has 20 heavy (non-hydrogen) atoms. The Labute approximate surface area is 116 Å². The Bertz CT molecular complexity index is 512. The molecule has 0 saturated carbocycles. The first-order chi connectivity index (χ1) is 9.56. The average Bonchev–Trinajstić information content (AvgIpc) is 2.41. The number of piperidine rings is 1. The molecular formula is C13H17N3O4. The van der Waals surface area contributed by atoms with E-state index in [0.29, 0.717) is 5.69 Å². The van der Waals surface area contributed by atoms with Crippen LogP contribution < -0.4 is 10.7 Å². The molecule has 1 heterocycles. The zero-order valence-corrected chi connectivity index (χ0v) is 10.9. The zero-order chi connectivity index (χ0) is 14.5. The number of carboxylic acids is 1. The first-order valence-electron chi connectivity index (χ1n) is 6.45. The lowest BCUT2D eigenvalue weighted by Gasteiger charge is -2.26. The molecule has 1 saturated heterocycles. The molecule has 1 aliphatic heterocycles. The van der Waals surface area contributed by atoms with Gasteiger partial charge < -0.3 is 15.5 Å². The maximum absolute atomic E-state index is 11.8. The molecule has 108 valence electrons. The van der Waals surface area contributed by atoms with E-state index in [1.807, 2.05) is 5.01 Å². The summed E-state index contributed by atoms with van der Waals surface area (Å²) in [6.07, 6.45) is 3.25. The van der Waals surface area contributed by atoms with Crippen molar-refractivity contribution in [1.29, 1.82) is 0 Å². The Morgan fingerprint density at radius 3 is 2.50 bits per heavy atom. The number of nitrogens with one attached hydrogen (secondary N) is 2. The lowest BCUT2D eigenvalue weighted by atomic mass is 10.2. The second-order valence-corrected chi connectivity index (χ2v) is 4.65. The van der Waals surface area contributed by atoms with Gasteiger partial charge in [0.15, 0.2) is 0 Å². The van der Waals surface area contributed by atoms with E-state index in [9.17, 15) is 14.7 Å². The lowest BCUT2D eigenvalue weighted by molar-refractivity contribution is 0.0693. The molecule has 7 heteroatoms. The number of phenols is 1. The van der Waals surface area contributed by atoms with Gasteiger partial charge in [0.2, 0.25) is 0 Å². The second-order valence-electron chi connectivity index (χ2n) is 4.65. The highest BCUT2D eigenvalue weighted by atomic mass is 16.4. The molecule has 0 atom stereocenters. The average molecular weight is 279 g/mol. The van der Waals surface area contributed by atoms with Crippen LogP contribution in [0.3, 0.4) is 0 Å². The van der Waals surface area contributed by atoms with Gasteiger partial charge in [-0.2, -0.15) is 0 Å². The van der Waals surface area contributed by atoms with E-state index in [-0.39, 0.29) is 11.3 Å². The van der Waals surface area contributed by atoms with Gasteiger partial charge in [0.05, 0.1) is 0 Å². The van der Waals surface area contributed by atoms with Crippen molar-refractivity contribution >= 4 is 17.7 Å². The number of amides is 2. The Morgan fingerprint density at radius 2 is 1.85 bits per heavy atom. The van der Waals surface area contributed by atoms with Crippen molar-refractivity contribution in [2.75, 3.05) is 18.4 Å². The number of rotatable bonds is 3. The van der Waals surface area contributed by atoms with Crippen LogP contribution in [0.5, 0.6) is 5.75 Å². The summed E-state index contributed by atoms with van der Waals surface area (Å²) in [4.78, 5) is 22.7. The van der Waals surface area contributed by atoms with Gasteiger partial charge in [-0.3, -0.25) is 5.43 Å². The van der Waals surface area contributed by atoms with Crippen LogP contribution in [0.2, 0.25) is 0 Å². The molecule has 1 aliphatic rings. The summed E-state index contributed by atoms with van der Waals surface area (Å²) in [5.41, 5.74) is 2.77. The number of anilines is 1. The first kappa shape index (κ1) is 14.1. The molecule has 0 radical (unpaired) electrons. The van der Waals surface area contributed by atoms with E-state index in [2.05, 4.69) is 10.7 Å². The number of hydrogen-bond acceptors (Lipinski definition) is 4. The largest absolute Gasteiger partial charge is 0.507 e. The summed E-state index contributed by atoms with van der Waals surface area (Å²) in [7, 11) is 0. The molecule has 1 aromatic rings. The van der Waals surface area contributed by atoms with Crippen LogP contribution >= 0.6 is 0 Å². The summed E-state index contributed by atoms with van der Waals surface area (Å²) < 4.78 is 0. The minimum absolute atomic E-state index is 0.249. The van der Waals surface area contributed by atoms with Crippen LogP contribution in [0, 0.1) is 0 Å². The Balaban J connectivity index is 1.96. The van der Waals surface area contributed by atoms with Gasteiger partial charge in [-0.1, -0.05) is 6.42 Å². The minimum atomic E-state index is -1.25. The molecular weight excluding hydrogens is 262 g/mol. The van der Waals surface area contributed by atoms with E-state index < -0.39 is 12.0 Å². The summed E-state index contributed by atoms with van der Waals surface area (Å²) in [5, 5.41) is 22.6. The summed E-state index contributed by atoms with van der Waals surface area (Å²) in [6.45, 7) is 1.62. The van der Waals surface area contributed by atoms with Gasteiger partial charge in [0.25, 0.3) is 0 Å². The van der Waals surface area contributed by atoms with Crippen LogP contribution in [0.1, 0.15) is 29.6 Å². The predicted octanol–water partition coefficient (Wildman–Crippen LogP) is 1.61. The second kappa shape index (κ2) is 6.25. The van der Waals surface area contributed by atoms with Crippen molar-refractivity contribution in [3.05, 3.63) is 23.8 Å². The third-order valence-electron chi connectivity index (χ3n) is 3.10. The van der Waals surface area contributed by atoms with Crippen LogP contribution in [0.15, 0.2) is 18.2 Å². The lowest BCUT2D eigenvalue weighted by Crippen LogP contribution is -2.46. The van der Waals surface area contributed by atoms with E-state index >= 15 is 0 Å². The van der Waals surface area contributed by atoms with Crippen molar-refractivity contribution in [1.82, 2.24) is 10.4 Å². The Kier molecular flexibility index (Phi) is 4.41. The molecule has 4 N–H and O–H groups in total. The fraction of sp³-hybridized carbons (Fsp3) is 0.385. The number of carbonyl (C=O) groups excluding carboxylic acids is 1. The number of aromatic carboxylic acids is 1. The molecule has 0 bridgehead atoms. The highest BCUT2D eigenvalue weighted by Gasteiger charge is 2.14. The predicted molar refractivity (Wildman–Crippen MR) is 72.6 cm³/mol. The molecule has 0 unspecified atom stereocenters. The molecule has 0 aliphatic carbocycles. The van der Waals surface area contributed by atoms with Crippen LogP contribution in [0.25, 0.3) is 0 Å². The van der Waals surface area contributed by atoms with Crippen molar-refractivity contribution in [2.45, 2.75) is 19.3 Å². The van der Waals surface area contributed by atoms with Gasteiger partial charge in [-0.15, -0.1) is 0 Å². The van der Waals surface area contributed by atoms with E-state index in [0.717, 1.165) is 25.9 Å². The number of carbonyl (C=O) groups is 2. The quantitative estimate of drug-likeness (QED) is 0.630. The Hall–Kier alpha value is -2.28. The van der Waals surface area contributed by atoms with Gasteiger partial charge in [0.1, 0.15) is 11.3 Å². The van der Waals surface area contributed by atoms with Crippen LogP contribution in [0.4, 0.5) is 10.5 Å². The Morgan fingerprint density at radius 1 is 1.15 bits per heavy atom. The van der Waals surface area contributed by atoms with Gasteiger partial charge in [-0.05, 0) is 31.0 Å². The SMILES string of the molecule is O=C(Nc1ccc(O)c(C(=O)O)c1)NN1CCCCC1. The van der Waals surface area contributed by atoms with E-state index in [1.165, 1.54) is 24.6 Å². The number of aromatic hydroxyl groups is 1. The number of nitrogens with zero attached hydrogens (tertiary/aromatic N) is 1. The standard InChI is InChI=1S/C13H17N3O4/c17-11-5-4-9(8-10(11)12(18)19)14-13(20)15-16-6-2-1-3-7-16/h4-5,8,17H,1-3,6-7H2,(H,18,19)(H2,14,15,20). The van der Waals surface area contributed by atoms with Crippen LogP contribution in [-0.4, -0.2) is 40.3 Å². The monoisotopic (exact) mass is 279 g/mol. The van der Waals surface area contributed by atoms with Crippen LogP contribution in [-0.2, 0) is 0 Å². The number of carboxylic acid groups (broad SMARTS) is 1. The van der Waals surface area contributed by atoms with Crippen molar-refractivity contribution in [3.63, 3.8) is 0 Å². The molecule has 7 nitrogen and oxygen atoms in total. The number of urea groups is 1. The summed E-state index contributed by atoms with van der Waals surface area (Å²) in [5.74, 6) is -1.58. The third kappa shape index (κ3) is 3.61. The molecule has 1 fully saturated rings. The smallest absolute Gasteiger partial charge is 0.339 e. The number of benzene rings is 1. The summed E-state index contributed by atoms with van der Waals surface area (Å²) >= 11 is 0. The van der Waals surface area contributed by atoms with Gasteiger partial charge in [-0.25, -0.2) is 14.6 Å². The van der Waals surface area contributed by atoms with E-state index in [4.69, 9.17) is 5.11 Å². The molecule has 2 rings (SSSR count). The van der Waals surface area contributed by atoms with Gasteiger partial charge >= 0.3 is 12.0 Å². The molecule has 0 aromatic heterocycles. The zero-order valence-electron chi connectivity index (χ0n) is 10.9. The van der Waals surface area contributed by atoms with Crippen molar-refractivity contribution in [3.8, 4) is 5.75 Å². The number of hydrogen-bond donors (Lipinski definition) is 4. The maximum atomic E-state index is 11.8. The molecule has 2 amide bonds. The molecule has 0 spiro atoms. The van der Waals surface area contributed by atoms with Gasteiger partial charge in [0, 0.05) is 18.8 Å². The fourth-order valence-corrected chi connectivity index (χ4v) is 2.09. The van der Waals surface area contributed by atoms with Crippen molar-refractivity contribution in [2.24, 2.45) is 0 Å². The maximum Gasteiger partial charge on any atom is 0.339 e.